The fourth-order valence-electron chi connectivity index (χ4n) is 3.05. The summed E-state index contributed by atoms with van der Waals surface area (Å²) in [6.45, 7) is 0.381. The molecule has 0 spiro atoms. The van der Waals surface area contributed by atoms with Gasteiger partial charge < -0.3 is 32.5 Å². The molecule has 13 heteroatoms. The number of nitrogens with two attached hydrogens (primary N) is 3. The third-order valence-corrected chi connectivity index (χ3v) is 4.75. The van der Waals surface area contributed by atoms with E-state index in [9.17, 15) is 19.5 Å². The van der Waals surface area contributed by atoms with E-state index in [2.05, 4.69) is 25.3 Å². The second-order valence-electron chi connectivity index (χ2n) is 7.27. The molecule has 1 atom stereocenters. The second kappa shape index (κ2) is 9.72. The van der Waals surface area contributed by atoms with Crippen molar-refractivity contribution in [3.05, 3.63) is 41.7 Å². The van der Waals surface area contributed by atoms with E-state index >= 15 is 0 Å². The monoisotopic (exact) mass is 453 g/mol. The maximum Gasteiger partial charge on any atom is 0.326 e. The van der Waals surface area contributed by atoms with Crippen LogP contribution < -0.4 is 27.4 Å². The summed E-state index contributed by atoms with van der Waals surface area (Å²) in [6.07, 6.45) is 1.32. The Morgan fingerprint density at radius 1 is 1.12 bits per heavy atom. The number of carbonyl (C=O) groups is 3. The zero-order chi connectivity index (χ0) is 24.1. The highest BCUT2D eigenvalue weighted by molar-refractivity contribution is 5.97. The predicted octanol–water partition coefficient (Wildman–Crippen LogP) is -0.331. The normalized spacial score (nSPS) is 11.7. The summed E-state index contributed by atoms with van der Waals surface area (Å²) in [5, 5.41) is 11.6. The summed E-state index contributed by atoms with van der Waals surface area (Å²) in [7, 11) is 1.83. The average Bonchev–Trinajstić information content (AvgIpc) is 2.76. The first-order valence-electron chi connectivity index (χ1n) is 9.82. The van der Waals surface area contributed by atoms with Crippen molar-refractivity contribution >= 4 is 46.4 Å². The minimum absolute atomic E-state index is 0.0193. The van der Waals surface area contributed by atoms with E-state index in [0.717, 1.165) is 5.69 Å². The van der Waals surface area contributed by atoms with E-state index in [4.69, 9.17) is 17.2 Å². The molecule has 3 rings (SSSR count). The first-order chi connectivity index (χ1) is 15.6. The maximum absolute atomic E-state index is 12.4. The van der Waals surface area contributed by atoms with Gasteiger partial charge in [-0.1, -0.05) is 0 Å². The van der Waals surface area contributed by atoms with Crippen LogP contribution in [0.25, 0.3) is 11.2 Å². The highest BCUT2D eigenvalue weighted by atomic mass is 16.4. The van der Waals surface area contributed by atoms with Crippen LogP contribution in [0.2, 0.25) is 0 Å². The molecule has 0 bridgehead atoms. The molecular weight excluding hydrogens is 430 g/mol. The lowest BCUT2D eigenvalue weighted by Crippen LogP contribution is -2.41. The van der Waals surface area contributed by atoms with Crippen LogP contribution in [0.15, 0.2) is 30.5 Å². The van der Waals surface area contributed by atoms with Gasteiger partial charge in [0, 0.05) is 24.7 Å². The number of amides is 2. The lowest BCUT2D eigenvalue weighted by molar-refractivity contribution is -0.139. The number of nitrogens with one attached hydrogen (secondary N) is 1. The molecule has 0 aliphatic carbocycles. The smallest absolute Gasteiger partial charge is 0.326 e. The lowest BCUT2D eigenvalue weighted by Gasteiger charge is -2.19. The average molecular weight is 453 g/mol. The third-order valence-electron chi connectivity index (χ3n) is 4.75. The van der Waals surface area contributed by atoms with E-state index in [1.807, 2.05) is 11.9 Å². The maximum atomic E-state index is 12.4. The molecule has 3 aromatic rings. The van der Waals surface area contributed by atoms with Crippen LogP contribution >= 0.6 is 0 Å². The molecule has 0 radical (unpaired) electrons. The largest absolute Gasteiger partial charge is 0.480 e. The molecule has 0 aliphatic heterocycles. The first kappa shape index (κ1) is 23.1. The molecule has 13 nitrogen and oxygen atoms in total. The van der Waals surface area contributed by atoms with Gasteiger partial charge in [-0.15, -0.1) is 0 Å². The van der Waals surface area contributed by atoms with Gasteiger partial charge >= 0.3 is 5.97 Å². The summed E-state index contributed by atoms with van der Waals surface area (Å²) in [4.78, 5) is 53.0. The number of fused-ring (bicyclic) bond motifs is 1. The van der Waals surface area contributed by atoms with Gasteiger partial charge in [-0.3, -0.25) is 9.59 Å². The SMILES string of the molecule is CN(Cc1cnc2nc(N)nc(N)c2n1)c1ccc(C(=O)N[C@H](CCC(N)=O)C(=O)O)cc1. The zero-order valence-electron chi connectivity index (χ0n) is 17.7. The van der Waals surface area contributed by atoms with E-state index in [-0.39, 0.29) is 30.2 Å². The molecule has 0 aliphatic rings. The number of aliphatic carboxylic acids is 1. The Labute approximate surface area is 188 Å². The van der Waals surface area contributed by atoms with E-state index in [1.165, 1.54) is 0 Å². The number of nitrogen functional groups attached to an aromatic ring is 2. The van der Waals surface area contributed by atoms with Crippen LogP contribution in [-0.2, 0) is 16.1 Å². The van der Waals surface area contributed by atoms with Crippen LogP contribution in [-0.4, -0.2) is 55.9 Å². The van der Waals surface area contributed by atoms with Crippen LogP contribution in [0.1, 0.15) is 28.9 Å². The third kappa shape index (κ3) is 5.78. The molecule has 2 amide bonds. The number of carbonyl (C=O) groups excluding carboxylic acids is 2. The van der Waals surface area contributed by atoms with Crippen molar-refractivity contribution in [1.82, 2.24) is 25.3 Å². The van der Waals surface area contributed by atoms with Crippen molar-refractivity contribution in [2.45, 2.75) is 25.4 Å². The summed E-state index contributed by atoms with van der Waals surface area (Å²) < 4.78 is 0. The minimum Gasteiger partial charge on any atom is -0.480 e. The molecule has 0 fully saturated rings. The number of primary amides is 1. The molecule has 172 valence electrons. The molecule has 8 N–H and O–H groups in total. The van der Waals surface area contributed by atoms with E-state index in [1.54, 1.807) is 30.5 Å². The van der Waals surface area contributed by atoms with Crippen molar-refractivity contribution in [1.29, 1.82) is 0 Å². The highest BCUT2D eigenvalue weighted by Crippen LogP contribution is 2.19. The molecular formula is C20H23N9O4. The number of nitrogens with zero attached hydrogens (tertiary/aromatic N) is 5. The highest BCUT2D eigenvalue weighted by Gasteiger charge is 2.21. The topological polar surface area (TPSA) is 216 Å². The Balaban J connectivity index is 1.67. The number of benzene rings is 1. The number of hydrogen-bond acceptors (Lipinski definition) is 10. The summed E-state index contributed by atoms with van der Waals surface area (Å²) in [5.41, 5.74) is 18.8. The van der Waals surface area contributed by atoms with E-state index in [0.29, 0.717) is 23.4 Å². The summed E-state index contributed by atoms with van der Waals surface area (Å²) in [6, 6.07) is 5.33. The number of rotatable bonds is 9. The fourth-order valence-corrected chi connectivity index (χ4v) is 3.05. The number of hydrogen-bond donors (Lipinski definition) is 5. The van der Waals surface area contributed by atoms with Gasteiger partial charge in [-0.05, 0) is 30.7 Å². The summed E-state index contributed by atoms with van der Waals surface area (Å²) in [5.74, 6) is -2.30. The molecule has 2 aromatic heterocycles. The molecule has 1 aromatic carbocycles. The Morgan fingerprint density at radius 3 is 2.45 bits per heavy atom. The van der Waals surface area contributed by atoms with Crippen molar-refractivity contribution in [2.75, 3.05) is 23.4 Å². The van der Waals surface area contributed by atoms with Crippen molar-refractivity contribution in [3.8, 4) is 0 Å². The molecule has 0 saturated heterocycles. The van der Waals surface area contributed by atoms with Gasteiger partial charge in [0.25, 0.3) is 5.91 Å². The van der Waals surface area contributed by atoms with Gasteiger partial charge in [0.15, 0.2) is 17.0 Å². The Bertz CT molecular complexity index is 1200. The van der Waals surface area contributed by atoms with Gasteiger partial charge in [0.2, 0.25) is 11.9 Å². The summed E-state index contributed by atoms with van der Waals surface area (Å²) >= 11 is 0. The zero-order valence-corrected chi connectivity index (χ0v) is 17.7. The lowest BCUT2D eigenvalue weighted by atomic mass is 10.1. The molecule has 0 saturated carbocycles. The van der Waals surface area contributed by atoms with Crippen LogP contribution in [0.4, 0.5) is 17.5 Å². The predicted molar refractivity (Wildman–Crippen MR) is 120 cm³/mol. The Morgan fingerprint density at radius 2 is 1.82 bits per heavy atom. The second-order valence-corrected chi connectivity index (χ2v) is 7.27. The van der Waals surface area contributed by atoms with Gasteiger partial charge in [-0.25, -0.2) is 14.8 Å². The quantitative estimate of drug-likeness (QED) is 0.282. The molecule has 2 heterocycles. The standard InChI is InChI=1S/C20H23N9O4/c1-29(9-11-8-24-17-15(25-11)16(22)27-20(23)28-17)12-4-2-10(3-5-12)18(31)26-13(19(32)33)6-7-14(21)30/h2-5,8,13H,6-7,9H2,1H3,(H2,21,30)(H,26,31)(H,32,33)(H4,22,23,24,27,28)/t13-/m1/s1. The molecule has 0 unspecified atom stereocenters. The van der Waals surface area contributed by atoms with Crippen LogP contribution in [0.5, 0.6) is 0 Å². The first-order valence-corrected chi connectivity index (χ1v) is 9.82. The van der Waals surface area contributed by atoms with Gasteiger partial charge in [-0.2, -0.15) is 9.97 Å². The number of aromatic nitrogens is 4. The molecule has 33 heavy (non-hydrogen) atoms. The Kier molecular flexibility index (Phi) is 6.81. The Hall–Kier alpha value is -4.55. The van der Waals surface area contributed by atoms with Crippen molar-refractivity contribution in [2.24, 2.45) is 5.73 Å². The fraction of sp³-hybridized carbons (Fsp3) is 0.250. The number of carboxylic acids is 1. The van der Waals surface area contributed by atoms with Crippen molar-refractivity contribution < 1.29 is 19.5 Å². The van der Waals surface area contributed by atoms with Crippen LogP contribution in [0, 0.1) is 0 Å². The number of anilines is 3. The van der Waals surface area contributed by atoms with Gasteiger partial charge in [0.1, 0.15) is 6.04 Å². The van der Waals surface area contributed by atoms with Crippen molar-refractivity contribution in [3.63, 3.8) is 0 Å². The minimum atomic E-state index is -1.24. The number of carboxylic acid groups (broad SMARTS) is 1. The van der Waals surface area contributed by atoms with Gasteiger partial charge in [0.05, 0.1) is 18.4 Å². The van der Waals surface area contributed by atoms with Crippen LogP contribution in [0.3, 0.4) is 0 Å². The van der Waals surface area contributed by atoms with E-state index < -0.39 is 23.8 Å².